The molecule has 0 aromatic heterocycles. The Morgan fingerprint density at radius 2 is 2.07 bits per heavy atom. The quantitative estimate of drug-likeness (QED) is 0.700. The lowest BCUT2D eigenvalue weighted by Gasteiger charge is -2.10. The average Bonchev–Trinajstić information content (AvgIpc) is 2.27. The molecular weight excluding hydrogens is 199 g/mol. The lowest BCUT2D eigenvalue weighted by Crippen LogP contribution is -1.98. The van der Waals surface area contributed by atoms with E-state index in [9.17, 15) is 9.18 Å². The summed E-state index contributed by atoms with van der Waals surface area (Å²) in [6.45, 7) is 0. The Morgan fingerprint density at radius 1 is 1.33 bits per heavy atom. The van der Waals surface area contributed by atoms with E-state index in [0.29, 0.717) is 24.2 Å². The van der Waals surface area contributed by atoms with Crippen LogP contribution < -0.4 is 9.47 Å². The van der Waals surface area contributed by atoms with Gasteiger partial charge in [-0.1, -0.05) is 6.07 Å². The summed E-state index contributed by atoms with van der Waals surface area (Å²) >= 11 is 0. The molecule has 0 fully saturated rings. The average molecular weight is 212 g/mol. The van der Waals surface area contributed by atoms with Crippen molar-refractivity contribution in [1.82, 2.24) is 0 Å². The molecule has 0 unspecified atom stereocenters. The predicted octanol–water partition coefficient (Wildman–Crippen LogP) is 1.97. The summed E-state index contributed by atoms with van der Waals surface area (Å²) in [6, 6.07) is 3.22. The molecule has 0 aliphatic rings. The second-order valence-corrected chi connectivity index (χ2v) is 2.98. The fraction of sp³-hybridized carbons (Fsp3) is 0.364. The first-order valence-corrected chi connectivity index (χ1v) is 4.57. The normalized spacial score (nSPS) is 9.80. The third-order valence-electron chi connectivity index (χ3n) is 2.10. The van der Waals surface area contributed by atoms with Crippen molar-refractivity contribution < 1.29 is 18.7 Å². The zero-order chi connectivity index (χ0) is 11.3. The van der Waals surface area contributed by atoms with Crippen molar-refractivity contribution in [3.63, 3.8) is 0 Å². The van der Waals surface area contributed by atoms with Crippen molar-refractivity contribution in [2.75, 3.05) is 14.2 Å². The van der Waals surface area contributed by atoms with E-state index in [-0.39, 0.29) is 5.75 Å². The van der Waals surface area contributed by atoms with Crippen molar-refractivity contribution in [3.05, 3.63) is 23.5 Å². The molecule has 0 aliphatic carbocycles. The molecule has 0 heterocycles. The SMILES string of the molecule is COc1ccc(CCC=O)c(F)c1OC. The van der Waals surface area contributed by atoms with Crippen molar-refractivity contribution in [2.24, 2.45) is 0 Å². The summed E-state index contributed by atoms with van der Waals surface area (Å²) in [7, 11) is 2.83. The zero-order valence-electron chi connectivity index (χ0n) is 8.75. The monoisotopic (exact) mass is 212 g/mol. The molecule has 82 valence electrons. The van der Waals surface area contributed by atoms with Crippen LogP contribution in [0.4, 0.5) is 4.39 Å². The van der Waals surface area contributed by atoms with Gasteiger partial charge in [0.05, 0.1) is 14.2 Å². The van der Waals surface area contributed by atoms with E-state index in [4.69, 9.17) is 9.47 Å². The van der Waals surface area contributed by atoms with Crippen LogP contribution in [0.15, 0.2) is 12.1 Å². The Morgan fingerprint density at radius 3 is 2.60 bits per heavy atom. The molecule has 0 atom stereocenters. The number of halogens is 1. The number of carbonyl (C=O) groups excluding carboxylic acids is 1. The Labute approximate surface area is 87.8 Å². The van der Waals surface area contributed by atoms with E-state index < -0.39 is 5.82 Å². The molecule has 0 amide bonds. The number of carbonyl (C=O) groups is 1. The van der Waals surface area contributed by atoms with E-state index in [1.165, 1.54) is 14.2 Å². The van der Waals surface area contributed by atoms with Crippen LogP contribution in [-0.2, 0) is 11.2 Å². The fourth-order valence-corrected chi connectivity index (χ4v) is 1.34. The van der Waals surface area contributed by atoms with E-state index in [1.807, 2.05) is 0 Å². The Kier molecular flexibility index (Phi) is 4.09. The van der Waals surface area contributed by atoms with Gasteiger partial charge in [0.2, 0.25) is 0 Å². The molecule has 0 bridgehead atoms. The summed E-state index contributed by atoms with van der Waals surface area (Å²) < 4.78 is 23.6. The van der Waals surface area contributed by atoms with Gasteiger partial charge < -0.3 is 14.3 Å². The van der Waals surface area contributed by atoms with Crippen LogP contribution >= 0.6 is 0 Å². The molecule has 1 rings (SSSR count). The van der Waals surface area contributed by atoms with Crippen molar-refractivity contribution in [1.29, 1.82) is 0 Å². The summed E-state index contributed by atoms with van der Waals surface area (Å²) in [6.07, 6.45) is 1.43. The van der Waals surface area contributed by atoms with Crippen LogP contribution in [0.1, 0.15) is 12.0 Å². The van der Waals surface area contributed by atoms with E-state index in [2.05, 4.69) is 0 Å². The fourth-order valence-electron chi connectivity index (χ4n) is 1.34. The van der Waals surface area contributed by atoms with Gasteiger partial charge in [-0.3, -0.25) is 0 Å². The maximum Gasteiger partial charge on any atom is 0.197 e. The second kappa shape index (κ2) is 5.34. The molecular formula is C11H13FO3. The third-order valence-corrected chi connectivity index (χ3v) is 2.10. The molecule has 1 aromatic carbocycles. The smallest absolute Gasteiger partial charge is 0.197 e. The Bertz CT molecular complexity index is 350. The highest BCUT2D eigenvalue weighted by atomic mass is 19.1. The van der Waals surface area contributed by atoms with Gasteiger partial charge in [0.25, 0.3) is 0 Å². The first-order valence-electron chi connectivity index (χ1n) is 4.57. The lowest BCUT2D eigenvalue weighted by atomic mass is 10.1. The molecule has 3 nitrogen and oxygen atoms in total. The molecule has 0 saturated carbocycles. The van der Waals surface area contributed by atoms with E-state index in [0.717, 1.165) is 6.29 Å². The van der Waals surface area contributed by atoms with Crippen LogP contribution in [0.25, 0.3) is 0 Å². The van der Waals surface area contributed by atoms with Gasteiger partial charge in [0, 0.05) is 6.42 Å². The summed E-state index contributed by atoms with van der Waals surface area (Å²) in [4.78, 5) is 10.2. The molecule has 1 aromatic rings. The molecule has 0 aliphatic heterocycles. The van der Waals surface area contributed by atoms with Gasteiger partial charge in [-0.25, -0.2) is 4.39 Å². The number of hydrogen-bond donors (Lipinski definition) is 0. The van der Waals surface area contributed by atoms with Crippen molar-refractivity contribution >= 4 is 6.29 Å². The molecule has 15 heavy (non-hydrogen) atoms. The van der Waals surface area contributed by atoms with Crippen LogP contribution in [0.3, 0.4) is 0 Å². The maximum absolute atomic E-state index is 13.7. The molecule has 0 radical (unpaired) electrons. The highest BCUT2D eigenvalue weighted by Gasteiger charge is 2.13. The van der Waals surface area contributed by atoms with Gasteiger partial charge >= 0.3 is 0 Å². The first kappa shape index (κ1) is 11.5. The van der Waals surface area contributed by atoms with Gasteiger partial charge in [-0.2, -0.15) is 0 Å². The Hall–Kier alpha value is -1.58. The molecule has 4 heteroatoms. The first-order chi connectivity index (χ1) is 7.24. The van der Waals surface area contributed by atoms with Crippen molar-refractivity contribution in [2.45, 2.75) is 12.8 Å². The number of hydrogen-bond acceptors (Lipinski definition) is 3. The number of rotatable bonds is 5. The minimum Gasteiger partial charge on any atom is -0.493 e. The lowest BCUT2D eigenvalue weighted by molar-refractivity contribution is -0.107. The third kappa shape index (κ3) is 2.46. The van der Waals surface area contributed by atoms with Crippen LogP contribution in [0.5, 0.6) is 11.5 Å². The minimum atomic E-state index is -0.460. The summed E-state index contributed by atoms with van der Waals surface area (Å²) in [5.74, 6) is -0.0237. The summed E-state index contributed by atoms with van der Waals surface area (Å²) in [5, 5.41) is 0. The standard InChI is InChI=1S/C11H13FO3/c1-14-9-6-5-8(4-3-7-13)10(12)11(9)15-2/h5-7H,3-4H2,1-2H3. The Balaban J connectivity index is 3.05. The van der Waals surface area contributed by atoms with Gasteiger partial charge in [-0.05, 0) is 18.1 Å². The molecule has 0 saturated heterocycles. The van der Waals surface area contributed by atoms with Crippen LogP contribution in [0, 0.1) is 5.82 Å². The van der Waals surface area contributed by atoms with E-state index in [1.54, 1.807) is 12.1 Å². The molecule has 0 spiro atoms. The highest BCUT2D eigenvalue weighted by Crippen LogP contribution is 2.32. The highest BCUT2D eigenvalue weighted by molar-refractivity contribution is 5.51. The second-order valence-electron chi connectivity index (χ2n) is 2.98. The number of aryl methyl sites for hydroxylation is 1. The topological polar surface area (TPSA) is 35.5 Å². The summed E-state index contributed by atoms with van der Waals surface area (Å²) in [5.41, 5.74) is 0.458. The number of methoxy groups -OCH3 is 2. The maximum atomic E-state index is 13.7. The largest absolute Gasteiger partial charge is 0.493 e. The van der Waals surface area contributed by atoms with Crippen LogP contribution in [-0.4, -0.2) is 20.5 Å². The zero-order valence-corrected chi connectivity index (χ0v) is 8.75. The number of ether oxygens (including phenoxy) is 2. The van der Waals surface area contributed by atoms with Gasteiger partial charge in [0.15, 0.2) is 17.3 Å². The van der Waals surface area contributed by atoms with Gasteiger partial charge in [-0.15, -0.1) is 0 Å². The van der Waals surface area contributed by atoms with E-state index >= 15 is 0 Å². The van der Waals surface area contributed by atoms with Crippen LogP contribution in [0.2, 0.25) is 0 Å². The predicted molar refractivity (Wildman–Crippen MR) is 53.9 cm³/mol. The van der Waals surface area contributed by atoms with Crippen molar-refractivity contribution in [3.8, 4) is 11.5 Å². The molecule has 0 N–H and O–H groups in total. The van der Waals surface area contributed by atoms with Gasteiger partial charge in [0.1, 0.15) is 6.29 Å². The minimum absolute atomic E-state index is 0.0842. The number of aldehydes is 1. The number of benzene rings is 1.